The molecule has 8 heteroatoms. The number of unbranched alkanes of at least 4 members (excludes halogenated alkanes) is 2. The number of ether oxygens (including phenoxy) is 2. The van der Waals surface area contributed by atoms with Crippen molar-refractivity contribution in [2.24, 2.45) is 0 Å². The number of amides is 1. The van der Waals surface area contributed by atoms with Gasteiger partial charge in [0, 0.05) is 24.7 Å². The Kier molecular flexibility index (Phi) is 8.56. The van der Waals surface area contributed by atoms with Gasteiger partial charge in [0.15, 0.2) is 0 Å². The highest BCUT2D eigenvalue weighted by Crippen LogP contribution is 2.22. The summed E-state index contributed by atoms with van der Waals surface area (Å²) in [5.41, 5.74) is 0.347. The maximum Gasteiger partial charge on any atom is 0.251 e. The molecule has 136 valence electrons. The van der Waals surface area contributed by atoms with Gasteiger partial charge in [0.1, 0.15) is 11.5 Å². The van der Waals surface area contributed by atoms with Crippen molar-refractivity contribution in [1.82, 2.24) is 10.0 Å². The number of benzene rings is 1. The van der Waals surface area contributed by atoms with Crippen LogP contribution in [0, 0.1) is 0 Å². The third-order valence-electron chi connectivity index (χ3n) is 3.37. The molecule has 0 aliphatic heterocycles. The Balaban J connectivity index is 2.51. The summed E-state index contributed by atoms with van der Waals surface area (Å²) in [5.74, 6) is 0.439. The molecule has 0 radical (unpaired) electrons. The van der Waals surface area contributed by atoms with Crippen molar-refractivity contribution < 1.29 is 22.7 Å². The first-order chi connectivity index (χ1) is 11.4. The molecule has 0 saturated heterocycles. The number of hydrogen-bond donors (Lipinski definition) is 2. The smallest absolute Gasteiger partial charge is 0.251 e. The summed E-state index contributed by atoms with van der Waals surface area (Å²) in [7, 11) is -0.393. The van der Waals surface area contributed by atoms with Crippen molar-refractivity contribution in [2.45, 2.75) is 26.2 Å². The summed E-state index contributed by atoms with van der Waals surface area (Å²) in [6.07, 6.45) is 2.82. The topological polar surface area (TPSA) is 93.7 Å². The Hall–Kier alpha value is -1.80. The Morgan fingerprint density at radius 3 is 2.21 bits per heavy atom. The Morgan fingerprint density at radius 1 is 1.04 bits per heavy atom. The van der Waals surface area contributed by atoms with Gasteiger partial charge in [-0.2, -0.15) is 0 Å². The van der Waals surface area contributed by atoms with Gasteiger partial charge in [-0.3, -0.25) is 4.79 Å². The molecule has 24 heavy (non-hydrogen) atoms. The third-order valence-corrected chi connectivity index (χ3v) is 4.76. The van der Waals surface area contributed by atoms with Gasteiger partial charge >= 0.3 is 0 Å². The number of methoxy groups -OCH3 is 2. The summed E-state index contributed by atoms with van der Waals surface area (Å²) in [6.45, 7) is 2.51. The van der Waals surface area contributed by atoms with Gasteiger partial charge in [0.2, 0.25) is 10.0 Å². The van der Waals surface area contributed by atoms with Gasteiger partial charge < -0.3 is 14.8 Å². The third kappa shape index (κ3) is 7.18. The van der Waals surface area contributed by atoms with Crippen LogP contribution in [0.2, 0.25) is 0 Å². The Morgan fingerprint density at radius 2 is 1.67 bits per heavy atom. The summed E-state index contributed by atoms with van der Waals surface area (Å²) in [6, 6.07) is 4.78. The largest absolute Gasteiger partial charge is 0.497 e. The molecule has 0 unspecified atom stereocenters. The minimum Gasteiger partial charge on any atom is -0.497 e. The highest BCUT2D eigenvalue weighted by Gasteiger charge is 2.13. The fourth-order valence-corrected chi connectivity index (χ4v) is 2.98. The molecule has 0 fully saturated rings. The molecule has 0 bridgehead atoms. The van der Waals surface area contributed by atoms with Crippen molar-refractivity contribution >= 4 is 15.9 Å². The standard InChI is InChI=1S/C16H26N2O5S/c1-4-5-6-7-18-24(20,21)9-8-17-16(19)13-10-14(22-2)12-15(11-13)23-3/h10-12,18H,4-9H2,1-3H3,(H,17,19). The van der Waals surface area contributed by atoms with E-state index in [1.165, 1.54) is 14.2 Å². The monoisotopic (exact) mass is 358 g/mol. The number of rotatable bonds is 11. The van der Waals surface area contributed by atoms with Gasteiger partial charge in [-0.15, -0.1) is 0 Å². The molecule has 0 aromatic heterocycles. The molecular formula is C16H26N2O5S. The van der Waals surface area contributed by atoms with Gasteiger partial charge in [0.25, 0.3) is 5.91 Å². The highest BCUT2D eigenvalue weighted by molar-refractivity contribution is 7.89. The second-order valence-corrected chi connectivity index (χ2v) is 7.20. The van der Waals surface area contributed by atoms with Crippen LogP contribution in [0.1, 0.15) is 36.5 Å². The molecule has 0 aliphatic carbocycles. The molecule has 7 nitrogen and oxygen atoms in total. The lowest BCUT2D eigenvalue weighted by molar-refractivity contribution is 0.0955. The molecule has 0 aliphatic rings. The van der Waals surface area contributed by atoms with Crippen LogP contribution in [0.15, 0.2) is 18.2 Å². The first-order valence-corrected chi connectivity index (χ1v) is 9.55. The molecule has 1 amide bonds. The van der Waals surface area contributed by atoms with Gasteiger partial charge in [-0.05, 0) is 18.6 Å². The first kappa shape index (κ1) is 20.2. The first-order valence-electron chi connectivity index (χ1n) is 7.90. The average molecular weight is 358 g/mol. The van der Waals surface area contributed by atoms with Crippen molar-refractivity contribution in [3.05, 3.63) is 23.8 Å². The van der Waals surface area contributed by atoms with E-state index in [4.69, 9.17) is 9.47 Å². The fraction of sp³-hybridized carbons (Fsp3) is 0.562. The van der Waals surface area contributed by atoms with Gasteiger partial charge in [-0.1, -0.05) is 19.8 Å². The lowest BCUT2D eigenvalue weighted by Gasteiger charge is -2.10. The van der Waals surface area contributed by atoms with E-state index in [9.17, 15) is 13.2 Å². The Bertz CT molecular complexity index is 609. The van der Waals surface area contributed by atoms with Crippen LogP contribution in [-0.4, -0.2) is 47.4 Å². The Labute approximate surface area is 143 Å². The van der Waals surface area contributed by atoms with Gasteiger partial charge in [-0.25, -0.2) is 13.1 Å². The average Bonchev–Trinajstić information content (AvgIpc) is 2.57. The van der Waals surface area contributed by atoms with Crippen LogP contribution in [0.3, 0.4) is 0 Å². The van der Waals surface area contributed by atoms with E-state index in [0.717, 1.165) is 19.3 Å². The van der Waals surface area contributed by atoms with Crippen LogP contribution in [0.5, 0.6) is 11.5 Å². The van der Waals surface area contributed by atoms with Crippen molar-refractivity contribution in [1.29, 1.82) is 0 Å². The summed E-state index contributed by atoms with van der Waals surface area (Å²) >= 11 is 0. The molecule has 0 spiro atoms. The maximum absolute atomic E-state index is 12.1. The van der Waals surface area contributed by atoms with Crippen LogP contribution in [0.4, 0.5) is 0 Å². The van der Waals surface area contributed by atoms with Crippen LogP contribution in [0.25, 0.3) is 0 Å². The minimum atomic E-state index is -3.38. The number of nitrogens with one attached hydrogen (secondary N) is 2. The van der Waals surface area contributed by atoms with E-state index in [1.54, 1.807) is 18.2 Å². The second-order valence-electron chi connectivity index (χ2n) is 5.28. The van der Waals surface area contributed by atoms with E-state index in [0.29, 0.717) is 23.6 Å². The predicted octanol–water partition coefficient (Wildman–Crippen LogP) is 1.54. The lowest BCUT2D eigenvalue weighted by Crippen LogP contribution is -2.34. The van der Waals surface area contributed by atoms with Crippen molar-refractivity contribution in [3.8, 4) is 11.5 Å². The predicted molar refractivity (Wildman–Crippen MR) is 93.2 cm³/mol. The highest BCUT2D eigenvalue weighted by atomic mass is 32.2. The second kappa shape index (κ2) is 10.1. The van der Waals surface area contributed by atoms with Crippen molar-refractivity contribution in [3.63, 3.8) is 0 Å². The molecule has 0 atom stereocenters. The van der Waals surface area contributed by atoms with Crippen LogP contribution in [-0.2, 0) is 10.0 Å². The summed E-state index contributed by atoms with van der Waals surface area (Å²) < 4.78 is 36.4. The molecular weight excluding hydrogens is 332 g/mol. The van der Waals surface area contributed by atoms with E-state index in [-0.39, 0.29) is 18.2 Å². The SMILES string of the molecule is CCCCCNS(=O)(=O)CCNC(=O)c1cc(OC)cc(OC)c1. The van der Waals surface area contributed by atoms with E-state index < -0.39 is 10.0 Å². The molecule has 2 N–H and O–H groups in total. The zero-order valence-corrected chi connectivity index (χ0v) is 15.2. The maximum atomic E-state index is 12.1. The van der Waals surface area contributed by atoms with Crippen LogP contribution >= 0.6 is 0 Å². The number of carbonyl (C=O) groups excluding carboxylic acids is 1. The normalized spacial score (nSPS) is 11.1. The summed E-state index contributed by atoms with van der Waals surface area (Å²) in [5, 5.41) is 2.59. The number of sulfonamides is 1. The molecule has 0 heterocycles. The molecule has 1 aromatic carbocycles. The number of hydrogen-bond acceptors (Lipinski definition) is 5. The lowest BCUT2D eigenvalue weighted by atomic mass is 10.2. The van der Waals surface area contributed by atoms with E-state index >= 15 is 0 Å². The zero-order valence-electron chi connectivity index (χ0n) is 14.4. The van der Waals surface area contributed by atoms with Crippen molar-refractivity contribution in [2.75, 3.05) is 33.1 Å². The molecule has 0 saturated carbocycles. The molecule has 1 aromatic rings. The van der Waals surface area contributed by atoms with E-state index in [2.05, 4.69) is 17.0 Å². The number of carbonyl (C=O) groups is 1. The zero-order chi connectivity index (χ0) is 18.0. The van der Waals surface area contributed by atoms with Gasteiger partial charge in [0.05, 0.1) is 20.0 Å². The quantitative estimate of drug-likeness (QED) is 0.585. The van der Waals surface area contributed by atoms with E-state index in [1.807, 2.05) is 0 Å². The summed E-state index contributed by atoms with van der Waals surface area (Å²) in [4.78, 5) is 12.1. The van der Waals surface area contributed by atoms with Crippen LogP contribution < -0.4 is 19.5 Å². The molecule has 1 rings (SSSR count). The fourth-order valence-electron chi connectivity index (χ4n) is 2.01. The minimum absolute atomic E-state index is 0.0292.